The molecule has 0 unspecified atom stereocenters. The highest BCUT2D eigenvalue weighted by atomic mass is 32.1. The Labute approximate surface area is 77.6 Å². The van der Waals surface area contributed by atoms with Gasteiger partial charge < -0.3 is 10.1 Å². The van der Waals surface area contributed by atoms with Crippen molar-refractivity contribution in [2.24, 2.45) is 0 Å². The molecule has 0 aliphatic rings. The van der Waals surface area contributed by atoms with Gasteiger partial charge in [-0.15, -0.1) is 11.3 Å². The van der Waals surface area contributed by atoms with Crippen LogP contribution in [0.4, 0.5) is 0 Å². The number of ether oxygens (including phenoxy) is 1. The van der Waals surface area contributed by atoms with Gasteiger partial charge in [0, 0.05) is 25.1 Å². The molecular weight excluding hydrogens is 170 g/mol. The predicted octanol–water partition coefficient (Wildman–Crippen LogP) is 1.79. The third-order valence-electron chi connectivity index (χ3n) is 1.74. The highest BCUT2D eigenvalue weighted by molar-refractivity contribution is 7.10. The molecule has 0 fully saturated rings. The van der Waals surface area contributed by atoms with E-state index in [1.165, 1.54) is 10.4 Å². The van der Waals surface area contributed by atoms with Crippen LogP contribution in [-0.2, 0) is 11.3 Å². The maximum absolute atomic E-state index is 4.93. The van der Waals surface area contributed by atoms with Crippen molar-refractivity contribution in [3.05, 3.63) is 21.9 Å². The lowest BCUT2D eigenvalue weighted by Gasteiger charge is -2.02. The Bertz CT molecular complexity index is 222. The van der Waals surface area contributed by atoms with Gasteiger partial charge in [0.25, 0.3) is 0 Å². The summed E-state index contributed by atoms with van der Waals surface area (Å²) >= 11 is 1.80. The molecule has 0 atom stereocenters. The first-order valence-electron chi connectivity index (χ1n) is 4.07. The molecule has 12 heavy (non-hydrogen) atoms. The molecular formula is C9H15NOS. The van der Waals surface area contributed by atoms with Crippen LogP contribution in [-0.4, -0.2) is 20.3 Å². The Morgan fingerprint density at radius 3 is 3.00 bits per heavy atom. The number of aryl methyl sites for hydroxylation is 1. The summed E-state index contributed by atoms with van der Waals surface area (Å²) in [6.07, 6.45) is 0. The van der Waals surface area contributed by atoms with E-state index in [4.69, 9.17) is 4.74 Å². The van der Waals surface area contributed by atoms with Crippen molar-refractivity contribution in [3.63, 3.8) is 0 Å². The molecule has 0 aromatic carbocycles. The van der Waals surface area contributed by atoms with Crippen LogP contribution in [0, 0.1) is 6.92 Å². The summed E-state index contributed by atoms with van der Waals surface area (Å²) in [6, 6.07) is 2.15. The first kappa shape index (κ1) is 9.71. The summed E-state index contributed by atoms with van der Waals surface area (Å²) in [4.78, 5) is 1.42. The molecule has 0 amide bonds. The van der Waals surface area contributed by atoms with Crippen LogP contribution in [0.1, 0.15) is 10.4 Å². The average molecular weight is 185 g/mol. The van der Waals surface area contributed by atoms with Gasteiger partial charge in [-0.1, -0.05) is 0 Å². The largest absolute Gasteiger partial charge is 0.383 e. The van der Waals surface area contributed by atoms with Crippen LogP contribution >= 0.6 is 11.3 Å². The van der Waals surface area contributed by atoms with E-state index < -0.39 is 0 Å². The fourth-order valence-corrected chi connectivity index (χ4v) is 1.84. The zero-order chi connectivity index (χ0) is 8.81. The quantitative estimate of drug-likeness (QED) is 0.706. The van der Waals surface area contributed by atoms with Gasteiger partial charge in [-0.3, -0.25) is 0 Å². The van der Waals surface area contributed by atoms with Crippen molar-refractivity contribution in [2.45, 2.75) is 13.5 Å². The van der Waals surface area contributed by atoms with E-state index in [1.807, 2.05) is 0 Å². The number of thiophene rings is 1. The Morgan fingerprint density at radius 1 is 1.58 bits per heavy atom. The van der Waals surface area contributed by atoms with Crippen LogP contribution in [0.15, 0.2) is 11.4 Å². The summed E-state index contributed by atoms with van der Waals surface area (Å²) in [5, 5.41) is 5.44. The highest BCUT2D eigenvalue weighted by Crippen LogP contribution is 2.14. The molecule has 0 spiro atoms. The summed E-state index contributed by atoms with van der Waals surface area (Å²) in [5.41, 5.74) is 1.38. The first-order chi connectivity index (χ1) is 5.84. The van der Waals surface area contributed by atoms with Crippen LogP contribution in [0.5, 0.6) is 0 Å². The lowest BCUT2D eigenvalue weighted by Crippen LogP contribution is -2.18. The second-order valence-corrected chi connectivity index (χ2v) is 3.70. The second kappa shape index (κ2) is 5.30. The zero-order valence-corrected chi connectivity index (χ0v) is 8.41. The van der Waals surface area contributed by atoms with Gasteiger partial charge in [-0.05, 0) is 23.9 Å². The van der Waals surface area contributed by atoms with E-state index in [0.29, 0.717) is 0 Å². The molecule has 3 heteroatoms. The molecule has 1 N–H and O–H groups in total. The van der Waals surface area contributed by atoms with Crippen molar-refractivity contribution in [2.75, 3.05) is 20.3 Å². The van der Waals surface area contributed by atoms with E-state index >= 15 is 0 Å². The molecule has 0 aliphatic carbocycles. The molecule has 0 radical (unpaired) electrons. The van der Waals surface area contributed by atoms with Gasteiger partial charge in [0.05, 0.1) is 6.61 Å². The minimum atomic E-state index is 0.782. The van der Waals surface area contributed by atoms with Gasteiger partial charge in [0.1, 0.15) is 0 Å². The average Bonchev–Trinajstić information content (AvgIpc) is 2.46. The van der Waals surface area contributed by atoms with Gasteiger partial charge >= 0.3 is 0 Å². The molecule has 0 saturated carbocycles. The Balaban J connectivity index is 2.20. The molecule has 68 valence electrons. The standard InChI is InChI=1S/C9H15NOS/c1-8-3-6-12-9(8)7-10-4-5-11-2/h3,6,10H,4-5,7H2,1-2H3. The number of hydrogen-bond acceptors (Lipinski definition) is 3. The number of hydrogen-bond donors (Lipinski definition) is 1. The third-order valence-corrected chi connectivity index (χ3v) is 2.76. The summed E-state index contributed by atoms with van der Waals surface area (Å²) in [7, 11) is 1.72. The first-order valence-corrected chi connectivity index (χ1v) is 4.95. The topological polar surface area (TPSA) is 21.3 Å². The number of nitrogens with one attached hydrogen (secondary N) is 1. The maximum atomic E-state index is 4.93. The lowest BCUT2D eigenvalue weighted by molar-refractivity contribution is 0.199. The fraction of sp³-hybridized carbons (Fsp3) is 0.556. The van der Waals surface area contributed by atoms with Crippen molar-refractivity contribution < 1.29 is 4.74 Å². The molecule has 1 aromatic heterocycles. The van der Waals surface area contributed by atoms with Crippen molar-refractivity contribution in [1.29, 1.82) is 0 Å². The molecule has 0 bridgehead atoms. The highest BCUT2D eigenvalue weighted by Gasteiger charge is 1.97. The van der Waals surface area contributed by atoms with Gasteiger partial charge in [0.2, 0.25) is 0 Å². The lowest BCUT2D eigenvalue weighted by atomic mass is 10.3. The van der Waals surface area contributed by atoms with E-state index in [9.17, 15) is 0 Å². The molecule has 2 nitrogen and oxygen atoms in total. The van der Waals surface area contributed by atoms with Gasteiger partial charge in [-0.2, -0.15) is 0 Å². The third kappa shape index (κ3) is 2.93. The van der Waals surface area contributed by atoms with E-state index in [2.05, 4.69) is 23.7 Å². The normalized spacial score (nSPS) is 10.5. The Morgan fingerprint density at radius 2 is 2.42 bits per heavy atom. The van der Waals surface area contributed by atoms with Crippen molar-refractivity contribution in [1.82, 2.24) is 5.32 Å². The van der Waals surface area contributed by atoms with E-state index in [0.717, 1.165) is 19.7 Å². The smallest absolute Gasteiger partial charge is 0.0587 e. The molecule has 1 heterocycles. The minimum absolute atomic E-state index is 0.782. The van der Waals surface area contributed by atoms with Crippen LogP contribution in [0.25, 0.3) is 0 Å². The maximum Gasteiger partial charge on any atom is 0.0587 e. The SMILES string of the molecule is COCCNCc1sccc1C. The van der Waals surface area contributed by atoms with Crippen molar-refractivity contribution in [3.8, 4) is 0 Å². The monoisotopic (exact) mass is 185 g/mol. The zero-order valence-electron chi connectivity index (χ0n) is 7.59. The minimum Gasteiger partial charge on any atom is -0.383 e. The summed E-state index contributed by atoms with van der Waals surface area (Å²) in [5.74, 6) is 0. The molecule has 1 rings (SSSR count). The van der Waals surface area contributed by atoms with Crippen LogP contribution in [0.3, 0.4) is 0 Å². The Hall–Kier alpha value is -0.380. The Kier molecular flexibility index (Phi) is 4.29. The molecule has 1 aromatic rings. The van der Waals surface area contributed by atoms with Crippen LogP contribution < -0.4 is 5.32 Å². The van der Waals surface area contributed by atoms with E-state index in [-0.39, 0.29) is 0 Å². The molecule has 0 aliphatic heterocycles. The van der Waals surface area contributed by atoms with Crippen molar-refractivity contribution >= 4 is 11.3 Å². The number of methoxy groups -OCH3 is 1. The summed E-state index contributed by atoms with van der Waals surface area (Å²) < 4.78 is 4.93. The summed E-state index contributed by atoms with van der Waals surface area (Å²) in [6.45, 7) is 4.81. The van der Waals surface area contributed by atoms with E-state index in [1.54, 1.807) is 18.4 Å². The van der Waals surface area contributed by atoms with Gasteiger partial charge in [0.15, 0.2) is 0 Å². The van der Waals surface area contributed by atoms with Crippen LogP contribution in [0.2, 0.25) is 0 Å². The number of rotatable bonds is 5. The predicted molar refractivity (Wildman–Crippen MR) is 52.6 cm³/mol. The molecule has 0 saturated heterocycles. The van der Waals surface area contributed by atoms with Gasteiger partial charge in [-0.25, -0.2) is 0 Å². The fourth-order valence-electron chi connectivity index (χ4n) is 0.961. The second-order valence-electron chi connectivity index (χ2n) is 2.70.